The standard InChI is InChI=1S/C17H27ClN2/c1-4-17(2,12-19-16-9-10-16)13-20(3)11-14-5-7-15(18)8-6-14/h5-8,16,19H,4,9-13H2,1-3H3. The van der Waals surface area contributed by atoms with Crippen molar-refractivity contribution in [2.45, 2.75) is 45.7 Å². The van der Waals surface area contributed by atoms with Crippen LogP contribution in [0.4, 0.5) is 0 Å². The highest BCUT2D eigenvalue weighted by Crippen LogP contribution is 2.25. The average molecular weight is 295 g/mol. The molecule has 1 atom stereocenters. The van der Waals surface area contributed by atoms with Crippen LogP contribution in [-0.2, 0) is 6.54 Å². The molecule has 1 unspecified atom stereocenters. The number of nitrogens with zero attached hydrogens (tertiary/aromatic N) is 1. The molecule has 1 aromatic carbocycles. The topological polar surface area (TPSA) is 15.3 Å². The van der Waals surface area contributed by atoms with Crippen molar-refractivity contribution in [1.82, 2.24) is 10.2 Å². The van der Waals surface area contributed by atoms with Gasteiger partial charge in [-0.3, -0.25) is 0 Å². The molecule has 0 radical (unpaired) electrons. The molecule has 1 saturated carbocycles. The van der Waals surface area contributed by atoms with Gasteiger partial charge in [-0.05, 0) is 49.4 Å². The van der Waals surface area contributed by atoms with Gasteiger partial charge in [0.15, 0.2) is 0 Å². The summed E-state index contributed by atoms with van der Waals surface area (Å²) >= 11 is 5.93. The third-order valence-electron chi connectivity index (χ3n) is 4.27. The van der Waals surface area contributed by atoms with E-state index in [1.54, 1.807) is 0 Å². The van der Waals surface area contributed by atoms with Crippen LogP contribution in [0.1, 0.15) is 38.7 Å². The second-order valence-electron chi connectivity index (χ2n) is 6.62. The van der Waals surface area contributed by atoms with E-state index in [1.165, 1.54) is 24.8 Å². The lowest BCUT2D eigenvalue weighted by atomic mass is 9.86. The molecular weight excluding hydrogens is 268 g/mol. The summed E-state index contributed by atoms with van der Waals surface area (Å²) in [5.74, 6) is 0. The molecule has 0 heterocycles. The van der Waals surface area contributed by atoms with Gasteiger partial charge in [0.1, 0.15) is 0 Å². The van der Waals surface area contributed by atoms with E-state index in [9.17, 15) is 0 Å². The highest BCUT2D eigenvalue weighted by molar-refractivity contribution is 6.30. The van der Waals surface area contributed by atoms with Gasteiger partial charge >= 0.3 is 0 Å². The van der Waals surface area contributed by atoms with Crippen LogP contribution in [0.3, 0.4) is 0 Å². The summed E-state index contributed by atoms with van der Waals surface area (Å²) in [5.41, 5.74) is 1.68. The minimum atomic E-state index is 0.351. The lowest BCUT2D eigenvalue weighted by Gasteiger charge is -2.33. The molecule has 1 aromatic rings. The van der Waals surface area contributed by atoms with E-state index in [2.05, 4.69) is 43.2 Å². The second kappa shape index (κ2) is 6.93. The summed E-state index contributed by atoms with van der Waals surface area (Å²) in [6.07, 6.45) is 3.93. The zero-order chi connectivity index (χ0) is 14.6. The quantitative estimate of drug-likeness (QED) is 0.781. The first-order chi connectivity index (χ1) is 9.50. The van der Waals surface area contributed by atoms with Gasteiger partial charge in [0.25, 0.3) is 0 Å². The Morgan fingerprint density at radius 3 is 2.50 bits per heavy atom. The Hall–Kier alpha value is -0.570. The van der Waals surface area contributed by atoms with Crippen molar-refractivity contribution in [3.63, 3.8) is 0 Å². The number of hydrogen-bond acceptors (Lipinski definition) is 2. The first kappa shape index (κ1) is 15.8. The smallest absolute Gasteiger partial charge is 0.0406 e. The van der Waals surface area contributed by atoms with Crippen LogP contribution in [0.5, 0.6) is 0 Å². The van der Waals surface area contributed by atoms with Crippen LogP contribution < -0.4 is 5.32 Å². The average Bonchev–Trinajstić information content (AvgIpc) is 3.23. The van der Waals surface area contributed by atoms with Gasteiger partial charge in [-0.15, -0.1) is 0 Å². The SMILES string of the molecule is CCC(C)(CNC1CC1)CN(C)Cc1ccc(Cl)cc1. The maximum atomic E-state index is 5.93. The number of hydrogen-bond donors (Lipinski definition) is 1. The van der Waals surface area contributed by atoms with E-state index < -0.39 is 0 Å². The summed E-state index contributed by atoms with van der Waals surface area (Å²) in [6, 6.07) is 8.97. The predicted octanol–water partition coefficient (Wildman–Crippen LogP) is 3.94. The third kappa shape index (κ3) is 5.08. The van der Waals surface area contributed by atoms with Crippen LogP contribution in [-0.4, -0.2) is 31.1 Å². The molecule has 0 saturated heterocycles. The van der Waals surface area contributed by atoms with E-state index >= 15 is 0 Å². The lowest BCUT2D eigenvalue weighted by Crippen LogP contribution is -2.41. The molecule has 0 spiro atoms. The van der Waals surface area contributed by atoms with Crippen molar-refractivity contribution in [3.8, 4) is 0 Å². The van der Waals surface area contributed by atoms with Gasteiger partial charge < -0.3 is 10.2 Å². The fraction of sp³-hybridized carbons (Fsp3) is 0.647. The summed E-state index contributed by atoms with van der Waals surface area (Å²) in [5, 5.41) is 4.49. The Bertz CT molecular complexity index is 414. The van der Waals surface area contributed by atoms with Crippen molar-refractivity contribution in [3.05, 3.63) is 34.9 Å². The predicted molar refractivity (Wildman–Crippen MR) is 87.2 cm³/mol. The molecule has 1 aliphatic rings. The monoisotopic (exact) mass is 294 g/mol. The van der Waals surface area contributed by atoms with E-state index in [1.807, 2.05) is 12.1 Å². The number of halogens is 1. The summed E-state index contributed by atoms with van der Waals surface area (Å²) < 4.78 is 0. The van der Waals surface area contributed by atoms with Gasteiger partial charge in [-0.2, -0.15) is 0 Å². The number of benzene rings is 1. The van der Waals surface area contributed by atoms with Crippen LogP contribution in [0, 0.1) is 5.41 Å². The molecule has 3 heteroatoms. The van der Waals surface area contributed by atoms with Crippen LogP contribution >= 0.6 is 11.6 Å². The Morgan fingerprint density at radius 1 is 1.30 bits per heavy atom. The fourth-order valence-electron chi connectivity index (χ4n) is 2.58. The van der Waals surface area contributed by atoms with E-state index in [0.717, 1.165) is 30.7 Å². The van der Waals surface area contributed by atoms with E-state index in [4.69, 9.17) is 11.6 Å². The minimum Gasteiger partial charge on any atom is -0.313 e. The largest absolute Gasteiger partial charge is 0.313 e. The summed E-state index contributed by atoms with van der Waals surface area (Å²) in [7, 11) is 2.21. The summed E-state index contributed by atoms with van der Waals surface area (Å²) in [6.45, 7) is 7.91. The summed E-state index contributed by atoms with van der Waals surface area (Å²) in [4.78, 5) is 2.42. The molecule has 2 rings (SSSR count). The first-order valence-corrected chi connectivity index (χ1v) is 8.05. The zero-order valence-electron chi connectivity index (χ0n) is 13.0. The second-order valence-corrected chi connectivity index (χ2v) is 7.05. The maximum Gasteiger partial charge on any atom is 0.0406 e. The lowest BCUT2D eigenvalue weighted by molar-refractivity contribution is 0.174. The molecule has 2 nitrogen and oxygen atoms in total. The third-order valence-corrected chi connectivity index (χ3v) is 4.52. The molecule has 0 bridgehead atoms. The molecule has 0 aromatic heterocycles. The Morgan fingerprint density at radius 2 is 1.95 bits per heavy atom. The van der Waals surface area contributed by atoms with Crippen molar-refractivity contribution >= 4 is 11.6 Å². The molecule has 1 fully saturated rings. The first-order valence-electron chi connectivity index (χ1n) is 7.67. The van der Waals surface area contributed by atoms with Gasteiger partial charge in [0.2, 0.25) is 0 Å². The molecule has 1 aliphatic carbocycles. The molecular formula is C17H27ClN2. The molecule has 112 valence electrons. The zero-order valence-corrected chi connectivity index (χ0v) is 13.7. The van der Waals surface area contributed by atoms with E-state index in [0.29, 0.717) is 5.41 Å². The Labute approximate surface area is 128 Å². The van der Waals surface area contributed by atoms with Gasteiger partial charge in [0.05, 0.1) is 0 Å². The van der Waals surface area contributed by atoms with Crippen molar-refractivity contribution in [2.75, 3.05) is 20.1 Å². The Kier molecular flexibility index (Phi) is 5.48. The van der Waals surface area contributed by atoms with Crippen LogP contribution in [0.2, 0.25) is 5.02 Å². The molecule has 0 amide bonds. The fourth-order valence-corrected chi connectivity index (χ4v) is 2.71. The Balaban J connectivity index is 1.83. The van der Waals surface area contributed by atoms with Gasteiger partial charge in [-0.25, -0.2) is 0 Å². The van der Waals surface area contributed by atoms with Crippen LogP contribution in [0.15, 0.2) is 24.3 Å². The highest BCUT2D eigenvalue weighted by Gasteiger charge is 2.28. The molecule has 0 aliphatic heterocycles. The van der Waals surface area contributed by atoms with Crippen molar-refractivity contribution < 1.29 is 0 Å². The highest BCUT2D eigenvalue weighted by atomic mass is 35.5. The van der Waals surface area contributed by atoms with Gasteiger partial charge in [-0.1, -0.05) is 37.6 Å². The molecule has 20 heavy (non-hydrogen) atoms. The van der Waals surface area contributed by atoms with Crippen molar-refractivity contribution in [1.29, 1.82) is 0 Å². The van der Waals surface area contributed by atoms with Crippen LogP contribution in [0.25, 0.3) is 0 Å². The number of rotatable bonds is 8. The normalized spacial score (nSPS) is 18.2. The van der Waals surface area contributed by atoms with Gasteiger partial charge in [0, 0.05) is 30.7 Å². The maximum absolute atomic E-state index is 5.93. The number of nitrogens with one attached hydrogen (secondary N) is 1. The van der Waals surface area contributed by atoms with Crippen molar-refractivity contribution in [2.24, 2.45) is 5.41 Å². The van der Waals surface area contributed by atoms with E-state index in [-0.39, 0.29) is 0 Å². The molecule has 1 N–H and O–H groups in total. The minimum absolute atomic E-state index is 0.351.